The molecule has 216 valence electrons. The number of halogens is 3. The molecule has 13 nitrogen and oxygen atoms in total. The van der Waals surface area contributed by atoms with Crippen molar-refractivity contribution in [3.8, 4) is 0 Å². The normalized spacial score (nSPS) is 16.9. The minimum atomic E-state index is -5.08. The lowest BCUT2D eigenvalue weighted by atomic mass is 10.0. The second kappa shape index (κ2) is 15.1. The summed E-state index contributed by atoms with van der Waals surface area (Å²) in [5.41, 5.74) is 6.27. The summed E-state index contributed by atoms with van der Waals surface area (Å²) in [6, 6.07) is 3.93. The van der Waals surface area contributed by atoms with Gasteiger partial charge in [0.1, 0.15) is 6.04 Å². The molecule has 16 heteroatoms. The number of carbonyl (C=O) groups excluding carboxylic acids is 4. The van der Waals surface area contributed by atoms with Gasteiger partial charge >= 0.3 is 12.1 Å². The number of imide groups is 2. The highest BCUT2D eigenvalue weighted by Crippen LogP contribution is 2.32. The Balaban J connectivity index is 0.000000673. The first-order chi connectivity index (χ1) is 18.5. The van der Waals surface area contributed by atoms with E-state index in [1.807, 2.05) is 0 Å². The third-order valence-corrected chi connectivity index (χ3v) is 5.28. The summed E-state index contributed by atoms with van der Waals surface area (Å²) in [7, 11) is 0. The molecular formula is C23H29F3N4O9. The molecule has 0 saturated carbocycles. The number of carboxylic acid groups (broad SMARTS) is 1. The van der Waals surface area contributed by atoms with Gasteiger partial charge in [0, 0.05) is 25.2 Å². The van der Waals surface area contributed by atoms with Crippen molar-refractivity contribution in [1.29, 1.82) is 0 Å². The van der Waals surface area contributed by atoms with E-state index in [0.717, 1.165) is 4.90 Å². The third kappa shape index (κ3) is 9.27. The van der Waals surface area contributed by atoms with Crippen LogP contribution in [0.3, 0.4) is 0 Å². The smallest absolute Gasteiger partial charge is 0.475 e. The summed E-state index contributed by atoms with van der Waals surface area (Å²) in [4.78, 5) is 59.2. The maximum atomic E-state index is 13.0. The van der Waals surface area contributed by atoms with Crippen molar-refractivity contribution in [2.75, 3.05) is 58.0 Å². The highest BCUT2D eigenvalue weighted by atomic mass is 19.4. The first-order valence-electron chi connectivity index (χ1n) is 11.8. The van der Waals surface area contributed by atoms with E-state index >= 15 is 0 Å². The molecule has 0 radical (unpaired) electrons. The molecule has 0 aliphatic carbocycles. The van der Waals surface area contributed by atoms with Gasteiger partial charge in [-0.15, -0.1) is 0 Å². The Labute approximate surface area is 220 Å². The molecule has 5 N–H and O–H groups in total. The van der Waals surface area contributed by atoms with Gasteiger partial charge in [0.05, 0.1) is 50.8 Å². The Morgan fingerprint density at radius 3 is 2.18 bits per heavy atom. The molecule has 0 unspecified atom stereocenters. The second-order valence-electron chi connectivity index (χ2n) is 8.03. The van der Waals surface area contributed by atoms with E-state index < -0.39 is 41.8 Å². The maximum Gasteiger partial charge on any atom is 0.490 e. The zero-order chi connectivity index (χ0) is 29.0. The Morgan fingerprint density at radius 1 is 1.03 bits per heavy atom. The number of anilines is 1. The number of benzene rings is 1. The number of rotatable bonds is 13. The van der Waals surface area contributed by atoms with Crippen LogP contribution in [0.25, 0.3) is 0 Å². The van der Waals surface area contributed by atoms with E-state index in [0.29, 0.717) is 58.4 Å². The van der Waals surface area contributed by atoms with Gasteiger partial charge in [0.25, 0.3) is 11.8 Å². The number of carbonyl (C=O) groups is 5. The number of nitrogens with zero attached hydrogens (tertiary/aromatic N) is 1. The number of carboxylic acids is 1. The summed E-state index contributed by atoms with van der Waals surface area (Å²) in [5.74, 6) is -4.88. The topological polar surface area (TPSA) is 187 Å². The van der Waals surface area contributed by atoms with Crippen LogP contribution in [0.5, 0.6) is 0 Å². The van der Waals surface area contributed by atoms with Crippen molar-refractivity contribution in [2.24, 2.45) is 5.73 Å². The van der Waals surface area contributed by atoms with E-state index in [4.69, 9.17) is 29.8 Å². The molecule has 39 heavy (non-hydrogen) atoms. The van der Waals surface area contributed by atoms with E-state index in [-0.39, 0.29) is 24.0 Å². The Hall–Kier alpha value is -3.60. The zero-order valence-electron chi connectivity index (χ0n) is 20.8. The van der Waals surface area contributed by atoms with Crippen LogP contribution >= 0.6 is 0 Å². The van der Waals surface area contributed by atoms with Crippen molar-refractivity contribution >= 4 is 35.3 Å². The van der Waals surface area contributed by atoms with Crippen LogP contribution in [0.1, 0.15) is 33.6 Å². The van der Waals surface area contributed by atoms with Crippen LogP contribution in [0.4, 0.5) is 18.9 Å². The molecule has 1 aromatic carbocycles. The average molecular weight is 562 g/mol. The Kier molecular flexibility index (Phi) is 12.2. The predicted octanol–water partition coefficient (Wildman–Crippen LogP) is 0.142. The van der Waals surface area contributed by atoms with Gasteiger partial charge in [-0.1, -0.05) is 6.07 Å². The SMILES string of the molecule is NCCOCCOCCOCCNc1cccc2c1C(=O)N([C@H]1CCC(=O)NC1=O)C2=O.O=C(O)C(F)(F)F. The van der Waals surface area contributed by atoms with Crippen molar-refractivity contribution < 1.29 is 56.5 Å². The molecule has 2 aliphatic rings. The van der Waals surface area contributed by atoms with Crippen LogP contribution in [-0.2, 0) is 28.6 Å². The number of nitrogens with one attached hydrogen (secondary N) is 2. The number of piperidine rings is 1. The summed E-state index contributed by atoms with van der Waals surface area (Å²) in [6.07, 6.45) is -4.88. The number of nitrogens with two attached hydrogens (primary N) is 1. The molecule has 0 aromatic heterocycles. The molecule has 4 amide bonds. The molecule has 1 atom stereocenters. The minimum Gasteiger partial charge on any atom is -0.475 e. The van der Waals surface area contributed by atoms with Crippen LogP contribution in [0.15, 0.2) is 18.2 Å². The standard InChI is InChI=1S/C21H28N4O7.C2HF3O2/c22-6-8-30-10-12-32-13-11-31-9-7-23-15-3-1-2-14-18(15)21(29)25(20(14)28)16-4-5-17(26)24-19(16)27;3-2(4,5)1(6)7/h1-3,16,23H,4-13,22H2,(H,24,26,27);(H,6,7)/t16-;/m0./s1. The monoisotopic (exact) mass is 562 g/mol. The van der Waals surface area contributed by atoms with E-state index in [1.54, 1.807) is 18.2 Å². The first kappa shape index (κ1) is 31.6. The number of ether oxygens (including phenoxy) is 3. The summed E-state index contributed by atoms with van der Waals surface area (Å²) in [5, 5.41) is 12.4. The minimum absolute atomic E-state index is 0.0801. The number of amides is 4. The van der Waals surface area contributed by atoms with Gasteiger partial charge in [0.15, 0.2) is 0 Å². The molecule has 1 fully saturated rings. The third-order valence-electron chi connectivity index (χ3n) is 5.28. The van der Waals surface area contributed by atoms with Crippen molar-refractivity contribution in [3.05, 3.63) is 29.3 Å². The van der Waals surface area contributed by atoms with Crippen LogP contribution < -0.4 is 16.4 Å². The van der Waals surface area contributed by atoms with E-state index in [2.05, 4.69) is 10.6 Å². The van der Waals surface area contributed by atoms with Gasteiger partial charge in [0.2, 0.25) is 11.8 Å². The van der Waals surface area contributed by atoms with Gasteiger partial charge < -0.3 is 30.4 Å². The first-order valence-corrected chi connectivity index (χ1v) is 11.8. The van der Waals surface area contributed by atoms with Gasteiger partial charge in [-0.25, -0.2) is 4.79 Å². The average Bonchev–Trinajstić information content (AvgIpc) is 3.13. The summed E-state index contributed by atoms with van der Waals surface area (Å²) in [6.45, 7) is 3.57. The van der Waals surface area contributed by atoms with E-state index in [1.165, 1.54) is 0 Å². The highest BCUT2D eigenvalue weighted by molar-refractivity contribution is 6.25. The summed E-state index contributed by atoms with van der Waals surface area (Å²) >= 11 is 0. The lowest BCUT2D eigenvalue weighted by Gasteiger charge is -2.27. The second-order valence-corrected chi connectivity index (χ2v) is 8.03. The molecule has 0 bridgehead atoms. The van der Waals surface area contributed by atoms with E-state index in [9.17, 15) is 32.3 Å². The Morgan fingerprint density at radius 2 is 1.62 bits per heavy atom. The number of hydrogen-bond acceptors (Lipinski definition) is 10. The number of aliphatic carboxylic acids is 1. The fourth-order valence-corrected chi connectivity index (χ4v) is 3.55. The molecule has 2 aliphatic heterocycles. The molecule has 0 spiro atoms. The van der Waals surface area contributed by atoms with Gasteiger partial charge in [-0.2, -0.15) is 13.2 Å². The zero-order valence-corrected chi connectivity index (χ0v) is 20.8. The van der Waals surface area contributed by atoms with Gasteiger partial charge in [-0.3, -0.25) is 29.4 Å². The molecule has 1 aromatic rings. The fourth-order valence-electron chi connectivity index (χ4n) is 3.55. The number of hydrogen-bond donors (Lipinski definition) is 4. The largest absolute Gasteiger partial charge is 0.490 e. The summed E-state index contributed by atoms with van der Waals surface area (Å²) < 4.78 is 47.8. The predicted molar refractivity (Wildman–Crippen MR) is 127 cm³/mol. The fraction of sp³-hybridized carbons (Fsp3) is 0.522. The Bertz CT molecular complexity index is 1050. The lowest BCUT2D eigenvalue weighted by molar-refractivity contribution is -0.192. The maximum absolute atomic E-state index is 13.0. The van der Waals surface area contributed by atoms with Crippen LogP contribution in [0.2, 0.25) is 0 Å². The van der Waals surface area contributed by atoms with Crippen molar-refractivity contribution in [1.82, 2.24) is 10.2 Å². The van der Waals surface area contributed by atoms with Crippen molar-refractivity contribution in [3.63, 3.8) is 0 Å². The highest BCUT2D eigenvalue weighted by Gasteiger charge is 2.45. The number of fused-ring (bicyclic) bond motifs is 1. The molecule has 3 rings (SSSR count). The van der Waals surface area contributed by atoms with Crippen LogP contribution in [0, 0.1) is 0 Å². The molecular weight excluding hydrogens is 533 g/mol. The molecule has 2 heterocycles. The van der Waals surface area contributed by atoms with Crippen LogP contribution in [-0.4, -0.2) is 105 Å². The molecule has 1 saturated heterocycles. The van der Waals surface area contributed by atoms with Gasteiger partial charge in [-0.05, 0) is 18.6 Å². The number of alkyl halides is 3. The quantitative estimate of drug-likeness (QED) is 0.189. The lowest BCUT2D eigenvalue weighted by Crippen LogP contribution is -2.54. The van der Waals surface area contributed by atoms with Crippen molar-refractivity contribution in [2.45, 2.75) is 25.1 Å².